The van der Waals surface area contributed by atoms with Gasteiger partial charge < -0.3 is 4.74 Å². The number of hydrogen-bond acceptors (Lipinski definition) is 3. The normalized spacial score (nSPS) is 13.3. The van der Waals surface area contributed by atoms with E-state index in [4.69, 9.17) is 4.74 Å². The molecule has 1 heterocycles. The van der Waals surface area contributed by atoms with E-state index in [1.54, 1.807) is 13.2 Å². The van der Waals surface area contributed by atoms with Crippen LogP contribution in [0.2, 0.25) is 0 Å². The Labute approximate surface area is 159 Å². The molecule has 0 spiro atoms. The number of fused-ring (bicyclic) bond motifs is 3. The minimum Gasteiger partial charge on any atom is -0.496 e. The Balaban J connectivity index is 2.00. The largest absolute Gasteiger partial charge is 0.496 e. The maximum Gasteiger partial charge on any atom is 0.417 e. The van der Waals surface area contributed by atoms with Crippen LogP contribution in [0.25, 0.3) is 11.1 Å². The molecular weight excluding hydrogens is 355 g/mol. The summed E-state index contributed by atoms with van der Waals surface area (Å²) in [6.07, 6.45) is 0. The topological polar surface area (TPSA) is 43.4 Å². The predicted octanol–water partition coefficient (Wildman–Crippen LogP) is 4.61. The number of ketones is 1. The van der Waals surface area contributed by atoms with E-state index in [9.17, 15) is 9.36 Å². The summed E-state index contributed by atoms with van der Waals surface area (Å²) in [6.45, 7) is 5.90. The molecule has 3 nitrogen and oxygen atoms in total. The second kappa shape index (κ2) is 6.44. The van der Waals surface area contributed by atoms with Gasteiger partial charge in [-0.15, -0.1) is 0 Å². The van der Waals surface area contributed by atoms with Gasteiger partial charge in [0.1, 0.15) is 11.3 Å². The van der Waals surface area contributed by atoms with Crippen LogP contribution < -0.4 is 15.3 Å². The van der Waals surface area contributed by atoms with Crippen LogP contribution in [-0.2, 0) is 4.57 Å². The SMILES string of the molecule is COc1ccc2c(c1C(=O)c1c(C)cc(C)cc1C)[P+](=O)c1ccccc1-2. The molecule has 1 aliphatic heterocycles. The van der Waals surface area contributed by atoms with Crippen molar-refractivity contribution < 1.29 is 14.1 Å². The van der Waals surface area contributed by atoms with Gasteiger partial charge in [-0.25, -0.2) is 0 Å². The van der Waals surface area contributed by atoms with Crippen LogP contribution in [0.5, 0.6) is 5.75 Å². The minimum atomic E-state index is -1.84. The van der Waals surface area contributed by atoms with E-state index in [2.05, 4.69) is 0 Å². The Morgan fingerprint density at radius 2 is 1.56 bits per heavy atom. The van der Waals surface area contributed by atoms with Crippen LogP contribution in [0.15, 0.2) is 48.5 Å². The van der Waals surface area contributed by atoms with Crippen molar-refractivity contribution in [3.8, 4) is 16.9 Å². The molecule has 0 bridgehead atoms. The van der Waals surface area contributed by atoms with Crippen molar-refractivity contribution in [2.24, 2.45) is 0 Å². The molecule has 1 atom stereocenters. The molecule has 27 heavy (non-hydrogen) atoms. The Hall–Kier alpha value is -2.77. The maximum atomic E-state index is 13.6. The lowest BCUT2D eigenvalue weighted by molar-refractivity contribution is 0.103. The Morgan fingerprint density at radius 3 is 2.22 bits per heavy atom. The van der Waals surface area contributed by atoms with E-state index in [1.807, 2.05) is 63.2 Å². The second-order valence-electron chi connectivity index (χ2n) is 6.95. The third-order valence-electron chi connectivity index (χ3n) is 5.11. The van der Waals surface area contributed by atoms with Crippen LogP contribution in [-0.4, -0.2) is 12.9 Å². The molecule has 0 N–H and O–H groups in total. The summed E-state index contributed by atoms with van der Waals surface area (Å²) in [7, 11) is -0.294. The second-order valence-corrected chi connectivity index (χ2v) is 8.47. The molecule has 3 aromatic rings. The maximum absolute atomic E-state index is 13.6. The first-order valence-electron chi connectivity index (χ1n) is 8.84. The van der Waals surface area contributed by atoms with Crippen LogP contribution in [0, 0.1) is 20.8 Å². The van der Waals surface area contributed by atoms with E-state index in [0.29, 0.717) is 22.2 Å². The van der Waals surface area contributed by atoms with Gasteiger partial charge in [0.05, 0.1) is 7.11 Å². The van der Waals surface area contributed by atoms with E-state index < -0.39 is 7.80 Å². The average Bonchev–Trinajstić information content (AvgIpc) is 2.93. The van der Waals surface area contributed by atoms with E-state index in [0.717, 1.165) is 33.1 Å². The Bertz CT molecular complexity index is 1110. The summed E-state index contributed by atoms with van der Waals surface area (Å²) in [5.41, 5.74) is 5.83. The molecule has 4 heteroatoms. The average molecular weight is 375 g/mol. The summed E-state index contributed by atoms with van der Waals surface area (Å²) in [6, 6.07) is 15.3. The molecule has 0 fully saturated rings. The third-order valence-corrected chi connectivity index (χ3v) is 6.81. The van der Waals surface area contributed by atoms with Gasteiger partial charge in [-0.05, 0) is 56.2 Å². The van der Waals surface area contributed by atoms with Gasteiger partial charge in [0.2, 0.25) is 16.4 Å². The number of methoxy groups -OCH3 is 1. The number of carbonyl (C=O) groups excluding carboxylic acids is 1. The monoisotopic (exact) mass is 375 g/mol. The van der Waals surface area contributed by atoms with Gasteiger partial charge in [0.25, 0.3) is 0 Å². The van der Waals surface area contributed by atoms with Gasteiger partial charge in [0.15, 0.2) is 0 Å². The molecule has 0 aromatic heterocycles. The number of aryl methyl sites for hydroxylation is 3. The highest BCUT2D eigenvalue weighted by Gasteiger charge is 2.44. The smallest absolute Gasteiger partial charge is 0.417 e. The number of rotatable bonds is 3. The van der Waals surface area contributed by atoms with Crippen molar-refractivity contribution in [1.82, 2.24) is 0 Å². The molecule has 1 unspecified atom stereocenters. The number of benzene rings is 3. The zero-order valence-corrected chi connectivity index (χ0v) is 16.7. The van der Waals surface area contributed by atoms with Crippen molar-refractivity contribution in [1.29, 1.82) is 0 Å². The highest BCUT2D eigenvalue weighted by Crippen LogP contribution is 2.42. The van der Waals surface area contributed by atoms with E-state index >= 15 is 0 Å². The van der Waals surface area contributed by atoms with Crippen LogP contribution in [0.1, 0.15) is 32.6 Å². The van der Waals surface area contributed by atoms with E-state index in [1.165, 1.54) is 0 Å². The van der Waals surface area contributed by atoms with Gasteiger partial charge in [-0.1, -0.05) is 34.4 Å². The zero-order chi connectivity index (χ0) is 19.3. The predicted molar refractivity (Wildman–Crippen MR) is 109 cm³/mol. The molecule has 1 aliphatic rings. The summed E-state index contributed by atoms with van der Waals surface area (Å²) in [5, 5.41) is 1.37. The van der Waals surface area contributed by atoms with Gasteiger partial charge >= 0.3 is 7.80 Å². The first kappa shape index (κ1) is 17.6. The summed E-state index contributed by atoms with van der Waals surface area (Å²) in [5.74, 6) is 0.337. The number of carbonyl (C=O) groups is 1. The first-order chi connectivity index (χ1) is 12.9. The molecule has 0 saturated heterocycles. The molecule has 0 amide bonds. The molecular formula is C23H20O3P+. The highest BCUT2D eigenvalue weighted by molar-refractivity contribution is 7.63. The molecule has 0 aliphatic carbocycles. The molecule has 4 rings (SSSR count). The standard InChI is InChI=1S/C23H20O3P/c1-13-11-14(2)20(15(3)12-13)22(24)21-18(26-4)10-9-17-16-7-5-6-8-19(16)27(25)23(17)21/h5-12H,1-4H3/q+1. The zero-order valence-electron chi connectivity index (χ0n) is 15.8. The molecule has 0 saturated carbocycles. The summed E-state index contributed by atoms with van der Waals surface area (Å²) >= 11 is 0. The molecule has 0 radical (unpaired) electrons. The summed E-state index contributed by atoms with van der Waals surface area (Å²) < 4.78 is 18.8. The van der Waals surface area contributed by atoms with Crippen LogP contribution in [0.3, 0.4) is 0 Å². The first-order valence-corrected chi connectivity index (χ1v) is 10.1. The number of hydrogen-bond donors (Lipinski definition) is 0. The van der Waals surface area contributed by atoms with Crippen molar-refractivity contribution >= 4 is 24.2 Å². The fraction of sp³-hybridized carbons (Fsp3) is 0.174. The van der Waals surface area contributed by atoms with Crippen molar-refractivity contribution in [3.05, 3.63) is 76.3 Å². The number of ether oxygens (including phenoxy) is 1. The van der Waals surface area contributed by atoms with Crippen molar-refractivity contribution in [2.75, 3.05) is 7.11 Å². The van der Waals surface area contributed by atoms with E-state index in [-0.39, 0.29) is 5.78 Å². The van der Waals surface area contributed by atoms with Crippen LogP contribution >= 0.6 is 7.80 Å². The van der Waals surface area contributed by atoms with Gasteiger partial charge in [-0.3, -0.25) is 4.79 Å². The van der Waals surface area contributed by atoms with Gasteiger partial charge in [0, 0.05) is 16.7 Å². The minimum absolute atomic E-state index is 0.130. The quantitative estimate of drug-likeness (QED) is 0.388. The lowest BCUT2D eigenvalue weighted by Gasteiger charge is -2.13. The lowest BCUT2D eigenvalue weighted by Crippen LogP contribution is -2.18. The molecule has 3 aromatic carbocycles. The van der Waals surface area contributed by atoms with Crippen LogP contribution in [0.4, 0.5) is 0 Å². The Morgan fingerprint density at radius 1 is 0.889 bits per heavy atom. The highest BCUT2D eigenvalue weighted by atomic mass is 31.1. The molecule has 134 valence electrons. The summed E-state index contributed by atoms with van der Waals surface area (Å²) in [4.78, 5) is 13.6. The third kappa shape index (κ3) is 2.62. The fourth-order valence-corrected chi connectivity index (χ4v) is 5.76. The Kier molecular flexibility index (Phi) is 4.20. The van der Waals surface area contributed by atoms with Crippen molar-refractivity contribution in [3.63, 3.8) is 0 Å². The van der Waals surface area contributed by atoms with Crippen molar-refractivity contribution in [2.45, 2.75) is 20.8 Å². The van der Waals surface area contributed by atoms with Gasteiger partial charge in [-0.2, -0.15) is 0 Å². The lowest BCUT2D eigenvalue weighted by atomic mass is 9.91. The fourth-order valence-electron chi connectivity index (χ4n) is 4.05.